The molecular weight excluding hydrogens is 266 g/mol. The van der Waals surface area contributed by atoms with Crippen molar-refractivity contribution in [3.8, 4) is 0 Å². The van der Waals surface area contributed by atoms with Crippen molar-refractivity contribution in [3.05, 3.63) is 54.1 Å². The third-order valence-corrected chi connectivity index (χ3v) is 3.09. The molecule has 0 unspecified atom stereocenters. The van der Waals surface area contributed by atoms with Gasteiger partial charge in [0.1, 0.15) is 5.69 Å². The zero-order valence-electron chi connectivity index (χ0n) is 12.3. The first-order chi connectivity index (χ1) is 10.3. The van der Waals surface area contributed by atoms with Crippen LogP contribution >= 0.6 is 0 Å². The van der Waals surface area contributed by atoms with Crippen LogP contribution in [0.1, 0.15) is 29.4 Å². The molecule has 1 amide bonds. The minimum atomic E-state index is -0.0552. The van der Waals surface area contributed by atoms with Gasteiger partial charge in [-0.2, -0.15) is 0 Å². The lowest BCUT2D eigenvalue weighted by Crippen LogP contribution is -2.27. The number of rotatable bonds is 8. The van der Waals surface area contributed by atoms with Gasteiger partial charge >= 0.3 is 0 Å². The van der Waals surface area contributed by atoms with Crippen LogP contribution in [0.3, 0.4) is 0 Å². The predicted octanol–water partition coefficient (Wildman–Crippen LogP) is 2.09. The third-order valence-electron chi connectivity index (χ3n) is 3.09. The van der Waals surface area contributed by atoms with E-state index in [4.69, 9.17) is 4.74 Å². The molecule has 0 aliphatic rings. The number of nitrogens with zero attached hydrogens (tertiary/aromatic N) is 2. The van der Waals surface area contributed by atoms with E-state index in [2.05, 4.69) is 10.3 Å². The summed E-state index contributed by atoms with van der Waals surface area (Å²) >= 11 is 0. The number of carbonyl (C=O) groups is 1. The Morgan fingerprint density at radius 1 is 1.38 bits per heavy atom. The molecule has 0 spiro atoms. The lowest BCUT2D eigenvalue weighted by Gasteiger charge is -2.10. The number of pyridine rings is 1. The first-order valence-corrected chi connectivity index (χ1v) is 7.21. The summed E-state index contributed by atoms with van der Waals surface area (Å²) in [6.45, 7) is 4.61. The highest BCUT2D eigenvalue weighted by atomic mass is 16.5. The molecule has 2 aromatic heterocycles. The van der Waals surface area contributed by atoms with E-state index in [1.54, 1.807) is 6.20 Å². The fourth-order valence-corrected chi connectivity index (χ4v) is 2.06. The van der Waals surface area contributed by atoms with Crippen LogP contribution in [0.2, 0.25) is 0 Å². The molecule has 2 aromatic rings. The van der Waals surface area contributed by atoms with E-state index in [9.17, 15) is 4.79 Å². The third kappa shape index (κ3) is 4.72. The Kier molecular flexibility index (Phi) is 5.97. The number of amides is 1. The van der Waals surface area contributed by atoms with E-state index in [1.807, 2.05) is 48.1 Å². The van der Waals surface area contributed by atoms with Gasteiger partial charge in [-0.3, -0.25) is 9.78 Å². The minimum Gasteiger partial charge on any atom is -0.382 e. The van der Waals surface area contributed by atoms with Gasteiger partial charge in [-0.05, 0) is 37.1 Å². The van der Waals surface area contributed by atoms with E-state index < -0.39 is 0 Å². The molecule has 0 atom stereocenters. The van der Waals surface area contributed by atoms with Crippen LogP contribution in [0.5, 0.6) is 0 Å². The Bertz CT molecular complexity index is 552. The van der Waals surface area contributed by atoms with E-state index in [-0.39, 0.29) is 5.91 Å². The highest BCUT2D eigenvalue weighted by Crippen LogP contribution is 2.07. The molecule has 1 N–H and O–H groups in total. The molecule has 0 saturated carbocycles. The standard InChI is InChI=1S/C16H21N3O2/c1-2-21-11-5-9-18-16(20)15-7-4-10-19(15)13-14-6-3-8-17-12-14/h3-4,6-8,10,12H,2,5,9,11,13H2,1H3,(H,18,20). The van der Waals surface area contributed by atoms with Gasteiger partial charge in [0.2, 0.25) is 0 Å². The summed E-state index contributed by atoms with van der Waals surface area (Å²) in [6.07, 6.45) is 6.28. The molecule has 5 heteroatoms. The van der Waals surface area contributed by atoms with Crippen molar-refractivity contribution >= 4 is 5.91 Å². The summed E-state index contributed by atoms with van der Waals surface area (Å²) in [5.41, 5.74) is 1.73. The van der Waals surface area contributed by atoms with Gasteiger partial charge in [0, 0.05) is 44.9 Å². The van der Waals surface area contributed by atoms with Crippen molar-refractivity contribution in [2.75, 3.05) is 19.8 Å². The van der Waals surface area contributed by atoms with Gasteiger partial charge in [0.25, 0.3) is 5.91 Å². The average Bonchev–Trinajstić information content (AvgIpc) is 2.96. The van der Waals surface area contributed by atoms with Gasteiger partial charge in [0.15, 0.2) is 0 Å². The Balaban J connectivity index is 1.89. The van der Waals surface area contributed by atoms with Crippen molar-refractivity contribution in [1.82, 2.24) is 14.9 Å². The van der Waals surface area contributed by atoms with Crippen molar-refractivity contribution in [3.63, 3.8) is 0 Å². The maximum Gasteiger partial charge on any atom is 0.267 e. The quantitative estimate of drug-likeness (QED) is 0.756. The second-order valence-corrected chi connectivity index (χ2v) is 4.69. The monoisotopic (exact) mass is 287 g/mol. The Labute approximate surface area is 125 Å². The lowest BCUT2D eigenvalue weighted by atomic mass is 10.3. The molecule has 0 aliphatic heterocycles. The molecule has 5 nitrogen and oxygen atoms in total. The number of aromatic nitrogens is 2. The van der Waals surface area contributed by atoms with Gasteiger partial charge in [-0.1, -0.05) is 6.07 Å². The summed E-state index contributed by atoms with van der Waals surface area (Å²) in [7, 11) is 0. The lowest BCUT2D eigenvalue weighted by molar-refractivity contribution is 0.0935. The zero-order valence-corrected chi connectivity index (χ0v) is 12.3. The fourth-order valence-electron chi connectivity index (χ4n) is 2.06. The summed E-state index contributed by atoms with van der Waals surface area (Å²) in [4.78, 5) is 16.3. The van der Waals surface area contributed by atoms with Gasteiger partial charge in [0.05, 0.1) is 0 Å². The molecule has 112 valence electrons. The summed E-state index contributed by atoms with van der Waals surface area (Å²) in [5.74, 6) is -0.0552. The fraction of sp³-hybridized carbons (Fsp3) is 0.375. The predicted molar refractivity (Wildman–Crippen MR) is 81.2 cm³/mol. The van der Waals surface area contributed by atoms with E-state index >= 15 is 0 Å². The Morgan fingerprint density at radius 2 is 2.29 bits per heavy atom. The second kappa shape index (κ2) is 8.21. The smallest absolute Gasteiger partial charge is 0.267 e. The van der Waals surface area contributed by atoms with Crippen LogP contribution in [0.4, 0.5) is 0 Å². The van der Waals surface area contributed by atoms with Crippen molar-refractivity contribution < 1.29 is 9.53 Å². The molecule has 0 aliphatic carbocycles. The molecule has 0 bridgehead atoms. The zero-order chi connectivity index (χ0) is 14.9. The minimum absolute atomic E-state index is 0.0552. The largest absolute Gasteiger partial charge is 0.382 e. The summed E-state index contributed by atoms with van der Waals surface area (Å²) < 4.78 is 7.17. The van der Waals surface area contributed by atoms with E-state index in [1.165, 1.54) is 0 Å². The van der Waals surface area contributed by atoms with Crippen LogP contribution in [0, 0.1) is 0 Å². The molecule has 0 radical (unpaired) electrons. The normalized spacial score (nSPS) is 10.5. The van der Waals surface area contributed by atoms with Gasteiger partial charge in [-0.15, -0.1) is 0 Å². The Morgan fingerprint density at radius 3 is 3.05 bits per heavy atom. The summed E-state index contributed by atoms with van der Waals surface area (Å²) in [5, 5.41) is 2.91. The van der Waals surface area contributed by atoms with Crippen molar-refractivity contribution in [2.45, 2.75) is 19.9 Å². The summed E-state index contributed by atoms with van der Waals surface area (Å²) in [6, 6.07) is 7.60. The highest BCUT2D eigenvalue weighted by molar-refractivity contribution is 5.92. The highest BCUT2D eigenvalue weighted by Gasteiger charge is 2.10. The average molecular weight is 287 g/mol. The number of ether oxygens (including phenoxy) is 1. The van der Waals surface area contributed by atoms with Crippen LogP contribution in [0.15, 0.2) is 42.9 Å². The van der Waals surface area contributed by atoms with Crippen LogP contribution in [-0.2, 0) is 11.3 Å². The SMILES string of the molecule is CCOCCCNC(=O)c1cccn1Cc1cccnc1. The molecule has 21 heavy (non-hydrogen) atoms. The van der Waals surface area contributed by atoms with E-state index in [0.717, 1.165) is 12.0 Å². The molecule has 0 aromatic carbocycles. The Hall–Kier alpha value is -2.14. The molecule has 2 heterocycles. The number of nitrogens with one attached hydrogen (secondary N) is 1. The first-order valence-electron chi connectivity index (χ1n) is 7.21. The number of carbonyl (C=O) groups excluding carboxylic acids is 1. The second-order valence-electron chi connectivity index (χ2n) is 4.69. The van der Waals surface area contributed by atoms with Gasteiger partial charge < -0.3 is 14.6 Å². The molecular formula is C16H21N3O2. The van der Waals surface area contributed by atoms with Gasteiger partial charge in [-0.25, -0.2) is 0 Å². The van der Waals surface area contributed by atoms with Crippen LogP contribution in [0.25, 0.3) is 0 Å². The van der Waals surface area contributed by atoms with Crippen molar-refractivity contribution in [1.29, 1.82) is 0 Å². The van der Waals surface area contributed by atoms with Crippen LogP contribution < -0.4 is 5.32 Å². The number of hydrogen-bond acceptors (Lipinski definition) is 3. The maximum atomic E-state index is 12.2. The molecule has 2 rings (SSSR count). The van der Waals surface area contributed by atoms with Crippen molar-refractivity contribution in [2.24, 2.45) is 0 Å². The number of hydrogen-bond donors (Lipinski definition) is 1. The van der Waals surface area contributed by atoms with E-state index in [0.29, 0.717) is 32.0 Å². The maximum absolute atomic E-state index is 12.2. The van der Waals surface area contributed by atoms with Crippen LogP contribution in [-0.4, -0.2) is 35.2 Å². The molecule has 0 fully saturated rings. The topological polar surface area (TPSA) is 56.1 Å². The molecule has 0 saturated heterocycles. The first kappa shape index (κ1) is 15.3.